The summed E-state index contributed by atoms with van der Waals surface area (Å²) < 4.78 is 0. The lowest BCUT2D eigenvalue weighted by Gasteiger charge is -2.30. The van der Waals surface area contributed by atoms with E-state index in [1.165, 1.54) is 0 Å². The summed E-state index contributed by atoms with van der Waals surface area (Å²) in [6.07, 6.45) is 2.65. The van der Waals surface area contributed by atoms with Gasteiger partial charge in [0.1, 0.15) is 0 Å². The van der Waals surface area contributed by atoms with Gasteiger partial charge in [0.25, 0.3) is 11.8 Å². The number of hydrogen-bond donors (Lipinski definition) is 1. The fourth-order valence-electron chi connectivity index (χ4n) is 3.04. The van der Waals surface area contributed by atoms with Crippen molar-refractivity contribution >= 4 is 29.1 Å². The highest BCUT2D eigenvalue weighted by atomic mass is 35.5. The predicted molar refractivity (Wildman–Crippen MR) is 101 cm³/mol. The average molecular weight is 357 g/mol. The number of carbonyl (C=O) groups excluding carboxylic acids is 2. The largest absolute Gasteiger partial charge is 0.352 e. The summed E-state index contributed by atoms with van der Waals surface area (Å²) >= 11 is 5.90. The van der Waals surface area contributed by atoms with Crippen molar-refractivity contribution in [1.29, 1.82) is 0 Å². The number of nitrogens with zero attached hydrogens (tertiary/aromatic N) is 1. The Hall–Kier alpha value is -2.33. The zero-order valence-electron chi connectivity index (χ0n) is 14.2. The normalized spacial score (nSPS) is 13.3. The number of benzene rings is 2. The van der Waals surface area contributed by atoms with Crippen LogP contribution >= 0.6 is 11.6 Å². The highest BCUT2D eigenvalue weighted by Crippen LogP contribution is 2.29. The Morgan fingerprint density at radius 1 is 1.12 bits per heavy atom. The van der Waals surface area contributed by atoms with Crippen molar-refractivity contribution in [2.45, 2.75) is 26.2 Å². The molecule has 0 bridgehead atoms. The third kappa shape index (κ3) is 3.85. The smallest absolute Gasteiger partial charge is 0.258 e. The number of hydrogen-bond acceptors (Lipinski definition) is 2. The molecule has 0 aromatic heterocycles. The van der Waals surface area contributed by atoms with Gasteiger partial charge in [-0.3, -0.25) is 9.59 Å². The molecular weight excluding hydrogens is 336 g/mol. The first-order chi connectivity index (χ1) is 12.1. The monoisotopic (exact) mass is 356 g/mol. The highest BCUT2D eigenvalue weighted by Gasteiger charge is 2.24. The lowest BCUT2D eigenvalue weighted by atomic mass is 9.98. The van der Waals surface area contributed by atoms with E-state index in [1.54, 1.807) is 35.2 Å². The van der Waals surface area contributed by atoms with E-state index in [0.29, 0.717) is 29.2 Å². The number of carbonyl (C=O) groups is 2. The van der Waals surface area contributed by atoms with E-state index in [2.05, 4.69) is 5.32 Å². The van der Waals surface area contributed by atoms with Crippen LogP contribution in [0.15, 0.2) is 42.5 Å². The van der Waals surface area contributed by atoms with E-state index in [9.17, 15) is 9.59 Å². The van der Waals surface area contributed by atoms with Gasteiger partial charge in [-0.25, -0.2) is 0 Å². The fourth-order valence-corrected chi connectivity index (χ4v) is 3.16. The lowest BCUT2D eigenvalue weighted by molar-refractivity contribution is 0.0952. The van der Waals surface area contributed by atoms with Crippen LogP contribution in [-0.2, 0) is 6.42 Å². The molecule has 0 aliphatic carbocycles. The molecule has 25 heavy (non-hydrogen) atoms. The molecule has 2 aromatic rings. The summed E-state index contributed by atoms with van der Waals surface area (Å²) in [6.45, 7) is 3.36. The minimum absolute atomic E-state index is 0.0409. The molecule has 3 rings (SSSR count). The Labute approximate surface area is 152 Å². The maximum absolute atomic E-state index is 12.8. The van der Waals surface area contributed by atoms with E-state index in [1.807, 2.05) is 19.1 Å². The third-order valence-electron chi connectivity index (χ3n) is 4.33. The van der Waals surface area contributed by atoms with Gasteiger partial charge in [0, 0.05) is 34.9 Å². The maximum Gasteiger partial charge on any atom is 0.258 e. The molecule has 2 amide bonds. The average Bonchev–Trinajstić information content (AvgIpc) is 2.65. The Bertz CT molecular complexity index is 787. The third-order valence-corrected chi connectivity index (χ3v) is 4.58. The molecule has 1 heterocycles. The van der Waals surface area contributed by atoms with Crippen LogP contribution in [0.25, 0.3) is 0 Å². The molecule has 0 fully saturated rings. The molecular formula is C20H21ClN2O2. The molecule has 1 aliphatic heterocycles. The molecule has 0 unspecified atom stereocenters. The van der Waals surface area contributed by atoms with Crippen LogP contribution in [0.3, 0.4) is 0 Å². The van der Waals surface area contributed by atoms with Gasteiger partial charge in [0.05, 0.1) is 0 Å². The number of halogens is 1. The van der Waals surface area contributed by atoms with Gasteiger partial charge in [-0.05, 0) is 67.3 Å². The first-order valence-corrected chi connectivity index (χ1v) is 8.96. The second-order valence-corrected chi connectivity index (χ2v) is 6.60. The highest BCUT2D eigenvalue weighted by molar-refractivity contribution is 6.30. The molecule has 0 spiro atoms. The number of nitrogens with one attached hydrogen (secondary N) is 1. The second kappa shape index (κ2) is 7.70. The number of rotatable bonds is 4. The minimum Gasteiger partial charge on any atom is -0.352 e. The van der Waals surface area contributed by atoms with Gasteiger partial charge < -0.3 is 10.2 Å². The Morgan fingerprint density at radius 2 is 1.84 bits per heavy atom. The summed E-state index contributed by atoms with van der Waals surface area (Å²) in [7, 11) is 0. The van der Waals surface area contributed by atoms with Gasteiger partial charge >= 0.3 is 0 Å². The van der Waals surface area contributed by atoms with Crippen molar-refractivity contribution in [2.24, 2.45) is 0 Å². The van der Waals surface area contributed by atoms with E-state index in [4.69, 9.17) is 11.6 Å². The van der Waals surface area contributed by atoms with Crippen LogP contribution in [0.2, 0.25) is 5.02 Å². The summed E-state index contributed by atoms with van der Waals surface area (Å²) in [5, 5.41) is 3.50. The molecule has 4 nitrogen and oxygen atoms in total. The zero-order valence-corrected chi connectivity index (χ0v) is 15.0. The van der Waals surface area contributed by atoms with Gasteiger partial charge in [-0.15, -0.1) is 0 Å². The standard InChI is InChI=1S/C20H21ClN2O2/c1-2-11-22-19(24)16-7-10-18-15(13-16)4-3-12-23(18)20(25)14-5-8-17(21)9-6-14/h5-10,13H,2-4,11-12H2,1H3,(H,22,24). The van der Waals surface area contributed by atoms with Crippen molar-refractivity contribution in [3.05, 3.63) is 64.2 Å². The van der Waals surface area contributed by atoms with Crippen molar-refractivity contribution < 1.29 is 9.59 Å². The van der Waals surface area contributed by atoms with Crippen molar-refractivity contribution in [3.8, 4) is 0 Å². The molecule has 130 valence electrons. The summed E-state index contributed by atoms with van der Waals surface area (Å²) in [4.78, 5) is 26.8. The van der Waals surface area contributed by atoms with Crippen molar-refractivity contribution in [2.75, 3.05) is 18.0 Å². The summed E-state index contributed by atoms with van der Waals surface area (Å²) in [5.74, 6) is -0.105. The van der Waals surface area contributed by atoms with Crippen LogP contribution < -0.4 is 10.2 Å². The summed E-state index contributed by atoms with van der Waals surface area (Å²) in [6, 6.07) is 12.5. The van der Waals surface area contributed by atoms with Crippen LogP contribution in [0.1, 0.15) is 46.0 Å². The van der Waals surface area contributed by atoms with Crippen LogP contribution in [-0.4, -0.2) is 24.9 Å². The minimum atomic E-state index is -0.0641. The molecule has 0 saturated heterocycles. The van der Waals surface area contributed by atoms with Crippen molar-refractivity contribution in [1.82, 2.24) is 5.32 Å². The SMILES string of the molecule is CCCNC(=O)c1ccc2c(c1)CCCN2C(=O)c1ccc(Cl)cc1. The van der Waals surface area contributed by atoms with E-state index in [-0.39, 0.29) is 11.8 Å². The van der Waals surface area contributed by atoms with E-state index in [0.717, 1.165) is 30.5 Å². The number of fused-ring (bicyclic) bond motifs is 1. The first kappa shape index (κ1) is 17.5. The zero-order chi connectivity index (χ0) is 17.8. The topological polar surface area (TPSA) is 49.4 Å². The summed E-state index contributed by atoms with van der Waals surface area (Å²) in [5.41, 5.74) is 3.19. The van der Waals surface area contributed by atoms with Crippen molar-refractivity contribution in [3.63, 3.8) is 0 Å². The lowest BCUT2D eigenvalue weighted by Crippen LogP contribution is -2.35. The molecule has 0 saturated carbocycles. The molecule has 0 radical (unpaired) electrons. The van der Waals surface area contributed by atoms with E-state index < -0.39 is 0 Å². The molecule has 1 N–H and O–H groups in total. The Kier molecular flexibility index (Phi) is 5.39. The second-order valence-electron chi connectivity index (χ2n) is 6.17. The number of amides is 2. The van der Waals surface area contributed by atoms with Gasteiger partial charge in [-0.2, -0.15) is 0 Å². The molecule has 5 heteroatoms. The predicted octanol–water partition coefficient (Wildman–Crippen LogP) is 4.07. The van der Waals surface area contributed by atoms with E-state index >= 15 is 0 Å². The molecule has 2 aromatic carbocycles. The maximum atomic E-state index is 12.8. The number of anilines is 1. The Morgan fingerprint density at radius 3 is 2.56 bits per heavy atom. The molecule has 1 aliphatic rings. The fraction of sp³-hybridized carbons (Fsp3) is 0.300. The van der Waals surface area contributed by atoms with Gasteiger partial charge in [0.15, 0.2) is 0 Å². The van der Waals surface area contributed by atoms with Gasteiger partial charge in [-0.1, -0.05) is 18.5 Å². The van der Waals surface area contributed by atoms with Crippen LogP contribution in [0.4, 0.5) is 5.69 Å². The van der Waals surface area contributed by atoms with Crippen LogP contribution in [0, 0.1) is 0 Å². The Balaban J connectivity index is 1.85. The van der Waals surface area contributed by atoms with Crippen LogP contribution in [0.5, 0.6) is 0 Å². The quantitative estimate of drug-likeness (QED) is 0.897. The van der Waals surface area contributed by atoms with Gasteiger partial charge in [0.2, 0.25) is 0 Å². The number of aryl methyl sites for hydroxylation is 1. The first-order valence-electron chi connectivity index (χ1n) is 8.58. The molecule has 0 atom stereocenters.